The molecular formula is C23H19NO3. The number of anilines is 1. The molecule has 3 aromatic carbocycles. The Morgan fingerprint density at radius 2 is 1.44 bits per heavy atom. The summed E-state index contributed by atoms with van der Waals surface area (Å²) in [6, 6.07) is 25.1. The summed E-state index contributed by atoms with van der Waals surface area (Å²) in [4.78, 5) is 12.4. The molecule has 0 fully saturated rings. The first-order chi connectivity index (χ1) is 13.3. The standard InChI is InChI=1S/C23H19NO3/c25-23(22-16-26-20-8-4-5-9-21(20)27-22)24-19-14-12-18(13-15-19)11-10-17-6-2-1-3-7-17/h1-15,22H,16H2,(H,24,25)/b11-10+/t22-/m0/s1. The molecule has 0 spiro atoms. The number of rotatable bonds is 4. The normalized spacial score (nSPS) is 15.5. The van der Waals surface area contributed by atoms with Crippen LogP contribution in [0.2, 0.25) is 0 Å². The average Bonchev–Trinajstić information content (AvgIpc) is 2.73. The van der Waals surface area contributed by atoms with E-state index in [-0.39, 0.29) is 12.5 Å². The van der Waals surface area contributed by atoms with Crippen molar-refractivity contribution in [2.75, 3.05) is 11.9 Å². The van der Waals surface area contributed by atoms with E-state index >= 15 is 0 Å². The largest absolute Gasteiger partial charge is 0.485 e. The molecule has 134 valence electrons. The third-order valence-corrected chi connectivity index (χ3v) is 4.25. The minimum atomic E-state index is -0.669. The maximum Gasteiger partial charge on any atom is 0.269 e. The molecule has 1 aliphatic rings. The van der Waals surface area contributed by atoms with Gasteiger partial charge in [-0.25, -0.2) is 0 Å². The molecular weight excluding hydrogens is 338 g/mol. The van der Waals surface area contributed by atoms with Crippen molar-refractivity contribution < 1.29 is 14.3 Å². The van der Waals surface area contributed by atoms with Crippen LogP contribution in [-0.2, 0) is 4.79 Å². The number of fused-ring (bicyclic) bond motifs is 1. The summed E-state index contributed by atoms with van der Waals surface area (Å²) in [5, 5.41) is 2.88. The number of hydrogen-bond acceptors (Lipinski definition) is 3. The van der Waals surface area contributed by atoms with E-state index < -0.39 is 6.10 Å². The zero-order chi connectivity index (χ0) is 18.5. The van der Waals surface area contributed by atoms with E-state index in [1.165, 1.54) is 0 Å². The molecule has 4 nitrogen and oxygen atoms in total. The number of carbonyl (C=O) groups is 1. The van der Waals surface area contributed by atoms with E-state index in [9.17, 15) is 4.79 Å². The molecule has 4 heteroatoms. The van der Waals surface area contributed by atoms with Crippen molar-refractivity contribution in [3.8, 4) is 11.5 Å². The van der Waals surface area contributed by atoms with Gasteiger partial charge in [0.1, 0.15) is 6.61 Å². The van der Waals surface area contributed by atoms with Gasteiger partial charge in [0.25, 0.3) is 5.91 Å². The van der Waals surface area contributed by atoms with Gasteiger partial charge in [-0.05, 0) is 35.4 Å². The first-order valence-corrected chi connectivity index (χ1v) is 8.80. The molecule has 27 heavy (non-hydrogen) atoms. The lowest BCUT2D eigenvalue weighted by Crippen LogP contribution is -2.40. The zero-order valence-electron chi connectivity index (χ0n) is 14.7. The SMILES string of the molecule is O=C(Nc1ccc(/C=C/c2ccccc2)cc1)[C@@H]1COc2ccccc2O1. The molecule has 0 radical (unpaired) electrons. The lowest BCUT2D eigenvalue weighted by molar-refractivity contribution is -0.125. The molecule has 0 saturated heterocycles. The Bertz CT molecular complexity index is 949. The Labute approximate surface area is 158 Å². The van der Waals surface area contributed by atoms with Gasteiger partial charge in [-0.2, -0.15) is 0 Å². The van der Waals surface area contributed by atoms with Gasteiger partial charge in [-0.3, -0.25) is 4.79 Å². The van der Waals surface area contributed by atoms with Crippen LogP contribution in [0.3, 0.4) is 0 Å². The molecule has 1 atom stereocenters. The predicted octanol–water partition coefficient (Wildman–Crippen LogP) is 4.64. The number of amides is 1. The van der Waals surface area contributed by atoms with Crippen molar-refractivity contribution in [1.29, 1.82) is 0 Å². The fourth-order valence-corrected chi connectivity index (χ4v) is 2.81. The number of ether oxygens (including phenoxy) is 2. The van der Waals surface area contributed by atoms with Gasteiger partial charge in [-0.15, -0.1) is 0 Å². The minimum absolute atomic E-state index is 0.195. The van der Waals surface area contributed by atoms with Crippen LogP contribution < -0.4 is 14.8 Å². The second-order valence-electron chi connectivity index (χ2n) is 6.22. The molecule has 4 rings (SSSR count). The molecule has 0 bridgehead atoms. The van der Waals surface area contributed by atoms with Gasteiger partial charge in [-0.1, -0.05) is 66.7 Å². The highest BCUT2D eigenvalue weighted by molar-refractivity contribution is 5.94. The van der Waals surface area contributed by atoms with Crippen molar-refractivity contribution in [1.82, 2.24) is 0 Å². The summed E-state index contributed by atoms with van der Waals surface area (Å²) < 4.78 is 11.3. The fraction of sp³-hybridized carbons (Fsp3) is 0.0870. The van der Waals surface area contributed by atoms with Crippen LogP contribution in [0.4, 0.5) is 5.69 Å². The van der Waals surface area contributed by atoms with E-state index in [4.69, 9.17) is 9.47 Å². The highest BCUT2D eigenvalue weighted by Crippen LogP contribution is 2.31. The van der Waals surface area contributed by atoms with Crippen molar-refractivity contribution in [3.63, 3.8) is 0 Å². The van der Waals surface area contributed by atoms with Crippen LogP contribution >= 0.6 is 0 Å². The lowest BCUT2D eigenvalue weighted by Gasteiger charge is -2.25. The first-order valence-electron chi connectivity index (χ1n) is 8.80. The maximum absolute atomic E-state index is 12.4. The summed E-state index contributed by atoms with van der Waals surface area (Å²) in [6.45, 7) is 0.195. The number of benzene rings is 3. The second kappa shape index (κ2) is 7.79. The maximum atomic E-state index is 12.4. The Hall–Kier alpha value is -3.53. The third-order valence-electron chi connectivity index (χ3n) is 4.25. The molecule has 1 N–H and O–H groups in total. The lowest BCUT2D eigenvalue weighted by atomic mass is 10.1. The molecule has 1 amide bonds. The average molecular weight is 357 g/mol. The topological polar surface area (TPSA) is 47.6 Å². The molecule has 0 unspecified atom stereocenters. The van der Waals surface area contributed by atoms with Crippen LogP contribution in [0.1, 0.15) is 11.1 Å². The van der Waals surface area contributed by atoms with Crippen LogP contribution in [0.5, 0.6) is 11.5 Å². The summed E-state index contributed by atoms with van der Waals surface area (Å²) in [7, 11) is 0. The van der Waals surface area contributed by atoms with Gasteiger partial charge in [0, 0.05) is 5.69 Å². The van der Waals surface area contributed by atoms with Gasteiger partial charge >= 0.3 is 0 Å². The summed E-state index contributed by atoms with van der Waals surface area (Å²) in [6.07, 6.45) is 3.42. The van der Waals surface area contributed by atoms with Gasteiger partial charge < -0.3 is 14.8 Å². The van der Waals surface area contributed by atoms with E-state index in [0.29, 0.717) is 11.5 Å². The number of nitrogens with one attached hydrogen (secondary N) is 1. The first kappa shape index (κ1) is 16.9. The number of carbonyl (C=O) groups excluding carboxylic acids is 1. The molecule has 1 heterocycles. The van der Waals surface area contributed by atoms with E-state index in [1.807, 2.05) is 66.7 Å². The smallest absolute Gasteiger partial charge is 0.269 e. The minimum Gasteiger partial charge on any atom is -0.485 e. The Morgan fingerprint density at radius 1 is 0.815 bits per heavy atom. The number of para-hydroxylation sites is 2. The predicted molar refractivity (Wildman–Crippen MR) is 107 cm³/mol. The van der Waals surface area contributed by atoms with Gasteiger partial charge in [0.15, 0.2) is 11.5 Å². The molecule has 0 aromatic heterocycles. The summed E-state index contributed by atoms with van der Waals surface area (Å²) in [5.74, 6) is 1.03. The van der Waals surface area contributed by atoms with E-state index in [2.05, 4.69) is 23.5 Å². The van der Waals surface area contributed by atoms with Crippen molar-refractivity contribution in [2.24, 2.45) is 0 Å². The highest BCUT2D eigenvalue weighted by atomic mass is 16.6. The third kappa shape index (κ3) is 4.18. The van der Waals surface area contributed by atoms with Crippen LogP contribution in [0.25, 0.3) is 12.2 Å². The zero-order valence-corrected chi connectivity index (χ0v) is 14.7. The van der Waals surface area contributed by atoms with Crippen molar-refractivity contribution in [2.45, 2.75) is 6.10 Å². The van der Waals surface area contributed by atoms with Gasteiger partial charge in [0.05, 0.1) is 0 Å². The van der Waals surface area contributed by atoms with Gasteiger partial charge in [0.2, 0.25) is 6.10 Å². The molecule has 0 aliphatic carbocycles. The highest BCUT2D eigenvalue weighted by Gasteiger charge is 2.27. The number of hydrogen-bond donors (Lipinski definition) is 1. The Balaban J connectivity index is 1.37. The van der Waals surface area contributed by atoms with Crippen LogP contribution in [-0.4, -0.2) is 18.6 Å². The summed E-state index contributed by atoms with van der Waals surface area (Å²) in [5.41, 5.74) is 2.92. The Kier molecular flexibility index (Phi) is 4.88. The Morgan fingerprint density at radius 3 is 2.19 bits per heavy atom. The monoisotopic (exact) mass is 357 g/mol. The molecule has 3 aromatic rings. The molecule has 0 saturated carbocycles. The molecule has 1 aliphatic heterocycles. The van der Waals surface area contributed by atoms with E-state index in [0.717, 1.165) is 16.8 Å². The second-order valence-corrected chi connectivity index (χ2v) is 6.22. The van der Waals surface area contributed by atoms with Crippen molar-refractivity contribution in [3.05, 3.63) is 90.0 Å². The quantitative estimate of drug-likeness (QED) is 0.692. The summed E-state index contributed by atoms with van der Waals surface area (Å²) >= 11 is 0. The van der Waals surface area contributed by atoms with Crippen molar-refractivity contribution >= 4 is 23.7 Å². The fourth-order valence-electron chi connectivity index (χ4n) is 2.81. The van der Waals surface area contributed by atoms with E-state index in [1.54, 1.807) is 6.07 Å². The van der Waals surface area contributed by atoms with Crippen LogP contribution in [0.15, 0.2) is 78.9 Å². The van der Waals surface area contributed by atoms with Crippen LogP contribution in [0, 0.1) is 0 Å².